The van der Waals surface area contributed by atoms with Crippen LogP contribution in [-0.2, 0) is 14.8 Å². The molecule has 0 aliphatic rings. The Morgan fingerprint density at radius 3 is 2.27 bits per heavy atom. The maximum absolute atomic E-state index is 12.5. The molecule has 1 rings (SSSR count). The van der Waals surface area contributed by atoms with Crippen molar-refractivity contribution < 1.29 is 13.2 Å². The van der Waals surface area contributed by atoms with Gasteiger partial charge >= 0.3 is 0 Å². The molecule has 0 aliphatic carbocycles. The Bertz CT molecular complexity index is 642. The summed E-state index contributed by atoms with van der Waals surface area (Å²) >= 11 is 6.00. The number of amides is 1. The highest BCUT2D eigenvalue weighted by Crippen LogP contribution is 2.28. The van der Waals surface area contributed by atoms with Gasteiger partial charge in [0, 0.05) is 18.1 Å². The van der Waals surface area contributed by atoms with E-state index in [1.54, 1.807) is 36.9 Å². The number of hydrogen-bond acceptors (Lipinski definition) is 3. The van der Waals surface area contributed by atoms with Crippen molar-refractivity contribution in [3.8, 4) is 0 Å². The zero-order valence-corrected chi connectivity index (χ0v) is 15.2. The van der Waals surface area contributed by atoms with Crippen molar-refractivity contribution in [1.29, 1.82) is 0 Å². The molecule has 0 heterocycles. The molecule has 0 radical (unpaired) electrons. The summed E-state index contributed by atoms with van der Waals surface area (Å²) in [7, 11) is -3.62. The third-order valence-corrected chi connectivity index (χ3v) is 5.01. The fraction of sp³-hybridized carbons (Fsp3) is 0.533. The summed E-state index contributed by atoms with van der Waals surface area (Å²) in [6, 6.07) is 4.18. The van der Waals surface area contributed by atoms with Crippen LogP contribution in [0.5, 0.6) is 0 Å². The van der Waals surface area contributed by atoms with E-state index in [1.165, 1.54) is 0 Å². The third kappa shape index (κ3) is 4.14. The van der Waals surface area contributed by atoms with Crippen LogP contribution in [0.15, 0.2) is 18.2 Å². The second-order valence-electron chi connectivity index (χ2n) is 5.18. The highest BCUT2D eigenvalue weighted by molar-refractivity contribution is 7.92. The molecule has 7 heteroatoms. The lowest BCUT2D eigenvalue weighted by atomic mass is 10.1. The van der Waals surface area contributed by atoms with Crippen molar-refractivity contribution in [3.63, 3.8) is 0 Å². The first-order valence-electron chi connectivity index (χ1n) is 7.17. The number of sulfonamides is 1. The van der Waals surface area contributed by atoms with Crippen molar-refractivity contribution in [2.24, 2.45) is 0 Å². The Morgan fingerprint density at radius 2 is 1.82 bits per heavy atom. The topological polar surface area (TPSA) is 57.7 Å². The molecule has 0 saturated carbocycles. The lowest BCUT2D eigenvalue weighted by molar-refractivity contribution is -0.131. The Balaban J connectivity index is 3.37. The summed E-state index contributed by atoms with van der Waals surface area (Å²) in [4.78, 5) is 14.2. The minimum absolute atomic E-state index is 0.227. The van der Waals surface area contributed by atoms with Gasteiger partial charge in [-0.1, -0.05) is 17.7 Å². The summed E-state index contributed by atoms with van der Waals surface area (Å²) in [5, 5.41) is 0.428. The molecule has 1 amide bonds. The first kappa shape index (κ1) is 18.8. The van der Waals surface area contributed by atoms with Gasteiger partial charge in [-0.2, -0.15) is 0 Å². The number of nitrogens with zero attached hydrogens (tertiary/aromatic N) is 2. The molecule has 0 saturated heterocycles. The minimum Gasteiger partial charge on any atom is -0.341 e. The first-order valence-corrected chi connectivity index (χ1v) is 9.40. The average molecular weight is 347 g/mol. The van der Waals surface area contributed by atoms with Crippen molar-refractivity contribution >= 4 is 33.2 Å². The van der Waals surface area contributed by atoms with E-state index < -0.39 is 16.1 Å². The van der Waals surface area contributed by atoms with Crippen LogP contribution in [-0.4, -0.2) is 44.6 Å². The Hall–Kier alpha value is -1.27. The molecule has 0 unspecified atom stereocenters. The molecule has 1 aromatic rings. The molecule has 124 valence electrons. The molecule has 1 aromatic carbocycles. The van der Waals surface area contributed by atoms with Crippen LogP contribution in [0.1, 0.15) is 26.3 Å². The van der Waals surface area contributed by atoms with Crippen molar-refractivity contribution in [3.05, 3.63) is 28.8 Å². The van der Waals surface area contributed by atoms with Gasteiger partial charge in [0.25, 0.3) is 0 Å². The predicted molar refractivity (Wildman–Crippen MR) is 90.9 cm³/mol. The van der Waals surface area contributed by atoms with Gasteiger partial charge in [-0.05, 0) is 45.4 Å². The number of carbonyl (C=O) groups excluding carboxylic acids is 1. The van der Waals surface area contributed by atoms with Gasteiger partial charge in [0.2, 0.25) is 15.9 Å². The molecule has 0 spiro atoms. The quantitative estimate of drug-likeness (QED) is 0.795. The summed E-state index contributed by atoms with van der Waals surface area (Å²) in [5.74, 6) is -0.227. The summed E-state index contributed by atoms with van der Waals surface area (Å²) in [5.41, 5.74) is 1.18. The second kappa shape index (κ2) is 7.33. The average Bonchev–Trinajstić information content (AvgIpc) is 2.42. The molecular formula is C15H23ClN2O3S. The molecule has 0 aromatic heterocycles. The lowest BCUT2D eigenvalue weighted by Crippen LogP contribution is -2.49. The smallest absolute Gasteiger partial charge is 0.246 e. The molecule has 0 aliphatic heterocycles. The SMILES string of the molecule is CCN(CC)C(=O)[C@@H](C)N(c1cc(Cl)ccc1C)S(C)(=O)=O. The van der Waals surface area contributed by atoms with Gasteiger partial charge in [0.1, 0.15) is 6.04 Å². The first-order chi connectivity index (χ1) is 10.1. The van der Waals surface area contributed by atoms with Gasteiger partial charge in [-0.3, -0.25) is 9.10 Å². The van der Waals surface area contributed by atoms with Crippen molar-refractivity contribution in [2.45, 2.75) is 33.7 Å². The molecule has 0 fully saturated rings. The number of likely N-dealkylation sites (N-methyl/N-ethyl adjacent to an activating group) is 1. The van der Waals surface area contributed by atoms with Crippen LogP contribution in [0.4, 0.5) is 5.69 Å². The molecular weight excluding hydrogens is 324 g/mol. The summed E-state index contributed by atoms with van der Waals surface area (Å²) < 4.78 is 25.7. The minimum atomic E-state index is -3.62. The van der Waals surface area contributed by atoms with E-state index in [4.69, 9.17) is 11.6 Å². The summed E-state index contributed by atoms with van der Waals surface area (Å²) in [6.07, 6.45) is 1.10. The number of hydrogen-bond donors (Lipinski definition) is 0. The third-order valence-electron chi connectivity index (χ3n) is 3.55. The number of halogens is 1. The lowest BCUT2D eigenvalue weighted by Gasteiger charge is -2.32. The Labute approximate surface area is 137 Å². The van der Waals surface area contributed by atoms with Crippen LogP contribution in [0.3, 0.4) is 0 Å². The monoisotopic (exact) mass is 346 g/mol. The maximum Gasteiger partial charge on any atom is 0.246 e. The highest BCUT2D eigenvalue weighted by Gasteiger charge is 2.32. The zero-order valence-electron chi connectivity index (χ0n) is 13.6. The van der Waals surface area contributed by atoms with E-state index in [0.29, 0.717) is 23.8 Å². The van der Waals surface area contributed by atoms with Crippen molar-refractivity contribution in [1.82, 2.24) is 4.90 Å². The number of aryl methyl sites for hydroxylation is 1. The largest absolute Gasteiger partial charge is 0.341 e. The van der Waals surface area contributed by atoms with Crippen LogP contribution >= 0.6 is 11.6 Å². The van der Waals surface area contributed by atoms with Crippen LogP contribution in [0, 0.1) is 6.92 Å². The van der Waals surface area contributed by atoms with Crippen LogP contribution in [0.2, 0.25) is 5.02 Å². The van der Waals surface area contributed by atoms with Gasteiger partial charge in [-0.25, -0.2) is 8.42 Å². The standard InChI is InChI=1S/C15H23ClN2O3S/c1-6-17(7-2)15(19)12(4)18(22(5,20)21)14-10-13(16)9-8-11(14)3/h8-10,12H,6-7H2,1-5H3/t12-/m1/s1. The number of rotatable bonds is 6. The van der Waals surface area contributed by atoms with Gasteiger partial charge in [-0.15, -0.1) is 0 Å². The van der Waals surface area contributed by atoms with E-state index in [0.717, 1.165) is 16.1 Å². The highest BCUT2D eigenvalue weighted by atomic mass is 35.5. The number of anilines is 1. The normalized spacial score (nSPS) is 12.8. The number of benzene rings is 1. The molecule has 22 heavy (non-hydrogen) atoms. The van der Waals surface area contributed by atoms with Crippen LogP contribution in [0.25, 0.3) is 0 Å². The molecule has 0 N–H and O–H groups in total. The van der Waals surface area contributed by atoms with E-state index in [2.05, 4.69) is 0 Å². The molecule has 5 nitrogen and oxygen atoms in total. The van der Waals surface area contributed by atoms with Gasteiger partial charge < -0.3 is 4.90 Å². The van der Waals surface area contributed by atoms with E-state index >= 15 is 0 Å². The Morgan fingerprint density at radius 1 is 1.27 bits per heavy atom. The van der Waals surface area contributed by atoms with E-state index in [-0.39, 0.29) is 5.91 Å². The Kier molecular flexibility index (Phi) is 6.26. The fourth-order valence-corrected chi connectivity index (χ4v) is 3.78. The van der Waals surface area contributed by atoms with E-state index in [9.17, 15) is 13.2 Å². The molecule has 0 bridgehead atoms. The molecule has 1 atom stereocenters. The number of carbonyl (C=O) groups is 1. The van der Waals surface area contributed by atoms with Gasteiger partial charge in [0.15, 0.2) is 0 Å². The van der Waals surface area contributed by atoms with Crippen molar-refractivity contribution in [2.75, 3.05) is 23.7 Å². The van der Waals surface area contributed by atoms with Gasteiger partial charge in [0.05, 0.1) is 11.9 Å². The van der Waals surface area contributed by atoms with E-state index in [1.807, 2.05) is 13.8 Å². The maximum atomic E-state index is 12.5. The second-order valence-corrected chi connectivity index (χ2v) is 7.47. The fourth-order valence-electron chi connectivity index (χ4n) is 2.39. The predicted octanol–water partition coefficient (Wildman–Crippen LogP) is 2.67. The zero-order chi connectivity index (χ0) is 17.1. The van der Waals surface area contributed by atoms with Crippen LogP contribution < -0.4 is 4.31 Å². The summed E-state index contributed by atoms with van der Waals surface area (Å²) in [6.45, 7) is 8.19.